The lowest BCUT2D eigenvalue weighted by molar-refractivity contribution is 0.263. The second kappa shape index (κ2) is 6.32. The molecule has 3 N–H and O–H groups in total. The zero-order valence-corrected chi connectivity index (χ0v) is 12.6. The molecule has 1 aliphatic heterocycles. The maximum Gasteiger partial charge on any atom is 0.279 e. The summed E-state index contributed by atoms with van der Waals surface area (Å²) in [6.45, 7) is 7.63. The molecule has 1 unspecified atom stereocenters. The quantitative estimate of drug-likeness (QED) is 0.762. The maximum absolute atomic E-state index is 12.3. The smallest absolute Gasteiger partial charge is 0.279 e. The van der Waals surface area contributed by atoms with Crippen LogP contribution >= 0.6 is 0 Å². The summed E-state index contributed by atoms with van der Waals surface area (Å²) in [5.74, 6) is 0.296. The first-order chi connectivity index (χ1) is 8.30. The predicted molar refractivity (Wildman–Crippen MR) is 74.4 cm³/mol. The van der Waals surface area contributed by atoms with Crippen molar-refractivity contribution in [2.45, 2.75) is 52.0 Å². The fourth-order valence-corrected chi connectivity index (χ4v) is 4.23. The number of nitrogens with zero attached hydrogens (tertiary/aromatic N) is 1. The molecule has 6 heteroatoms. The Morgan fingerprint density at radius 3 is 2.67 bits per heavy atom. The van der Waals surface area contributed by atoms with E-state index < -0.39 is 10.2 Å². The van der Waals surface area contributed by atoms with Gasteiger partial charge in [0.15, 0.2) is 0 Å². The molecule has 0 amide bonds. The maximum atomic E-state index is 12.3. The lowest BCUT2D eigenvalue weighted by atomic mass is 10.0. The first-order valence-electron chi connectivity index (χ1n) is 6.80. The zero-order chi connectivity index (χ0) is 13.8. The van der Waals surface area contributed by atoms with Crippen LogP contribution < -0.4 is 10.5 Å². The van der Waals surface area contributed by atoms with Crippen molar-refractivity contribution >= 4 is 10.2 Å². The third-order valence-electron chi connectivity index (χ3n) is 3.44. The van der Waals surface area contributed by atoms with E-state index in [9.17, 15) is 8.42 Å². The number of nitrogens with two attached hydrogens (primary N) is 1. The minimum Gasteiger partial charge on any atom is -0.330 e. The SMILES string of the molecule is CCCC(C)(C)NS(=O)(=O)N1CCCC(CN)C1. The fourth-order valence-electron chi connectivity index (χ4n) is 2.53. The van der Waals surface area contributed by atoms with Crippen LogP contribution in [0.25, 0.3) is 0 Å². The van der Waals surface area contributed by atoms with Crippen molar-refractivity contribution in [1.29, 1.82) is 0 Å². The van der Waals surface area contributed by atoms with E-state index >= 15 is 0 Å². The largest absolute Gasteiger partial charge is 0.330 e. The van der Waals surface area contributed by atoms with Crippen LogP contribution in [0, 0.1) is 5.92 Å². The van der Waals surface area contributed by atoms with Gasteiger partial charge in [0, 0.05) is 18.6 Å². The van der Waals surface area contributed by atoms with Crippen molar-refractivity contribution in [3.05, 3.63) is 0 Å². The molecule has 0 aromatic heterocycles. The molecule has 1 rings (SSSR count). The Morgan fingerprint density at radius 1 is 1.44 bits per heavy atom. The number of hydrogen-bond acceptors (Lipinski definition) is 3. The first kappa shape index (κ1) is 15.9. The van der Waals surface area contributed by atoms with Crippen LogP contribution in [-0.4, -0.2) is 37.9 Å². The molecule has 0 aliphatic carbocycles. The molecule has 108 valence electrons. The normalized spacial score (nSPS) is 23.2. The first-order valence-corrected chi connectivity index (χ1v) is 8.24. The lowest BCUT2D eigenvalue weighted by Crippen LogP contribution is -2.53. The van der Waals surface area contributed by atoms with Gasteiger partial charge in [-0.2, -0.15) is 17.4 Å². The topological polar surface area (TPSA) is 75.4 Å². The number of rotatable bonds is 6. The highest BCUT2D eigenvalue weighted by atomic mass is 32.2. The Kier molecular flexibility index (Phi) is 5.58. The molecule has 0 bridgehead atoms. The molecule has 18 heavy (non-hydrogen) atoms. The van der Waals surface area contributed by atoms with Gasteiger partial charge < -0.3 is 5.73 Å². The summed E-state index contributed by atoms with van der Waals surface area (Å²) in [4.78, 5) is 0. The predicted octanol–water partition coefficient (Wildman–Crippen LogP) is 1.07. The van der Waals surface area contributed by atoms with E-state index in [-0.39, 0.29) is 5.54 Å². The van der Waals surface area contributed by atoms with E-state index in [1.807, 2.05) is 13.8 Å². The summed E-state index contributed by atoms with van der Waals surface area (Å²) in [7, 11) is -3.38. The minimum absolute atomic E-state index is 0.296. The third-order valence-corrected chi connectivity index (χ3v) is 5.26. The summed E-state index contributed by atoms with van der Waals surface area (Å²) in [5.41, 5.74) is 5.26. The van der Waals surface area contributed by atoms with Crippen molar-refractivity contribution < 1.29 is 8.42 Å². The van der Waals surface area contributed by atoms with Gasteiger partial charge >= 0.3 is 0 Å². The highest BCUT2D eigenvalue weighted by molar-refractivity contribution is 7.87. The molecular weight excluding hydrogens is 250 g/mol. The molecule has 5 nitrogen and oxygen atoms in total. The van der Waals surface area contributed by atoms with Gasteiger partial charge in [-0.1, -0.05) is 13.3 Å². The monoisotopic (exact) mass is 277 g/mol. The molecule has 0 radical (unpaired) electrons. The summed E-state index contributed by atoms with van der Waals surface area (Å²) in [6, 6.07) is 0. The molecule has 0 saturated carbocycles. The van der Waals surface area contributed by atoms with Gasteiger partial charge in [0.05, 0.1) is 0 Å². The van der Waals surface area contributed by atoms with Gasteiger partial charge in [0.25, 0.3) is 10.2 Å². The van der Waals surface area contributed by atoms with Crippen LogP contribution in [-0.2, 0) is 10.2 Å². The summed E-state index contributed by atoms with van der Waals surface area (Å²) < 4.78 is 29.0. The summed E-state index contributed by atoms with van der Waals surface area (Å²) >= 11 is 0. The molecule has 0 aromatic rings. The fraction of sp³-hybridized carbons (Fsp3) is 1.00. The van der Waals surface area contributed by atoms with E-state index in [1.54, 1.807) is 4.31 Å². The summed E-state index contributed by atoms with van der Waals surface area (Å²) in [5, 5.41) is 0. The minimum atomic E-state index is -3.38. The Labute approximate surface area is 111 Å². The number of piperidine rings is 1. The number of hydrogen-bond donors (Lipinski definition) is 2. The molecule has 0 aromatic carbocycles. The van der Waals surface area contributed by atoms with E-state index in [0.717, 1.165) is 25.7 Å². The highest BCUT2D eigenvalue weighted by Gasteiger charge is 2.32. The Balaban J connectivity index is 2.68. The molecular formula is C12H27N3O2S. The third kappa shape index (κ3) is 4.50. The molecule has 1 saturated heterocycles. The van der Waals surface area contributed by atoms with E-state index in [4.69, 9.17) is 5.73 Å². The van der Waals surface area contributed by atoms with Crippen LogP contribution in [0.4, 0.5) is 0 Å². The van der Waals surface area contributed by atoms with Crippen molar-refractivity contribution in [2.24, 2.45) is 11.7 Å². The Hall–Kier alpha value is -0.170. The van der Waals surface area contributed by atoms with Gasteiger partial charge in [-0.15, -0.1) is 0 Å². The highest BCUT2D eigenvalue weighted by Crippen LogP contribution is 2.20. The van der Waals surface area contributed by atoms with Crippen LogP contribution in [0.1, 0.15) is 46.5 Å². The van der Waals surface area contributed by atoms with Crippen molar-refractivity contribution in [3.8, 4) is 0 Å². The average Bonchev–Trinajstić information content (AvgIpc) is 2.27. The molecule has 1 heterocycles. The lowest BCUT2D eigenvalue weighted by Gasteiger charge is -2.34. The summed E-state index contributed by atoms with van der Waals surface area (Å²) in [6.07, 6.45) is 3.72. The van der Waals surface area contributed by atoms with Gasteiger partial charge in [-0.25, -0.2) is 0 Å². The second-order valence-corrected chi connectivity index (χ2v) is 7.51. The van der Waals surface area contributed by atoms with E-state index in [1.165, 1.54) is 0 Å². The molecule has 1 atom stereocenters. The van der Waals surface area contributed by atoms with E-state index in [0.29, 0.717) is 25.6 Å². The molecule has 1 fully saturated rings. The van der Waals surface area contributed by atoms with Gasteiger partial charge in [-0.3, -0.25) is 0 Å². The zero-order valence-electron chi connectivity index (χ0n) is 11.8. The van der Waals surface area contributed by atoms with E-state index in [2.05, 4.69) is 11.6 Å². The molecule has 0 spiro atoms. The van der Waals surface area contributed by atoms with Crippen LogP contribution in [0.5, 0.6) is 0 Å². The van der Waals surface area contributed by atoms with Gasteiger partial charge in [0.1, 0.15) is 0 Å². The van der Waals surface area contributed by atoms with Crippen LogP contribution in [0.15, 0.2) is 0 Å². The van der Waals surface area contributed by atoms with Crippen LogP contribution in [0.2, 0.25) is 0 Å². The van der Waals surface area contributed by atoms with Crippen LogP contribution in [0.3, 0.4) is 0 Å². The van der Waals surface area contributed by atoms with Gasteiger partial charge in [-0.05, 0) is 45.6 Å². The Bertz CT molecular complexity index is 354. The van der Waals surface area contributed by atoms with Crippen molar-refractivity contribution in [3.63, 3.8) is 0 Å². The standard InChI is InChI=1S/C12H27N3O2S/c1-4-7-12(2,3)14-18(16,17)15-8-5-6-11(9-13)10-15/h11,14H,4-10,13H2,1-3H3. The molecule has 1 aliphatic rings. The van der Waals surface area contributed by atoms with Crippen molar-refractivity contribution in [1.82, 2.24) is 9.03 Å². The van der Waals surface area contributed by atoms with Gasteiger partial charge in [0.2, 0.25) is 0 Å². The second-order valence-electron chi connectivity index (χ2n) is 5.84. The average molecular weight is 277 g/mol. The van der Waals surface area contributed by atoms with Crippen molar-refractivity contribution in [2.75, 3.05) is 19.6 Å². The number of nitrogens with one attached hydrogen (secondary N) is 1. The Morgan fingerprint density at radius 2 is 2.11 bits per heavy atom.